The molecule has 2 rings (SSSR count). The van der Waals surface area contributed by atoms with Crippen LogP contribution >= 0.6 is 0 Å². The average molecular weight is 152 g/mol. The van der Waals surface area contributed by atoms with Gasteiger partial charge >= 0.3 is 0 Å². The van der Waals surface area contributed by atoms with Gasteiger partial charge in [0.05, 0.1) is 12.2 Å². The van der Waals surface area contributed by atoms with Gasteiger partial charge in [0.1, 0.15) is 5.76 Å². The third-order valence-electron chi connectivity index (χ3n) is 1.72. The van der Waals surface area contributed by atoms with Crippen molar-refractivity contribution in [2.24, 2.45) is 0 Å². The van der Waals surface area contributed by atoms with Crippen LogP contribution in [0.15, 0.2) is 4.42 Å². The zero-order chi connectivity index (χ0) is 7.68. The van der Waals surface area contributed by atoms with Gasteiger partial charge in [0.25, 0.3) is 5.89 Å². The van der Waals surface area contributed by atoms with Crippen LogP contribution in [-0.4, -0.2) is 17.8 Å². The van der Waals surface area contributed by atoms with Gasteiger partial charge in [-0.3, -0.25) is 4.79 Å². The highest BCUT2D eigenvalue weighted by Crippen LogP contribution is 2.13. The van der Waals surface area contributed by atoms with E-state index >= 15 is 0 Å². The monoisotopic (exact) mass is 152 g/mol. The number of aldehydes is 1. The van der Waals surface area contributed by atoms with E-state index in [2.05, 4.69) is 10.3 Å². The Kier molecular flexibility index (Phi) is 1.47. The molecule has 0 amide bonds. The molecule has 1 aliphatic heterocycles. The van der Waals surface area contributed by atoms with Crippen LogP contribution in [0.2, 0.25) is 0 Å². The van der Waals surface area contributed by atoms with Crippen LogP contribution in [0.3, 0.4) is 0 Å². The minimum Gasteiger partial charge on any atom is -0.437 e. The Morgan fingerprint density at radius 2 is 2.55 bits per heavy atom. The van der Waals surface area contributed by atoms with Crippen LogP contribution in [-0.2, 0) is 13.0 Å². The van der Waals surface area contributed by atoms with Crippen molar-refractivity contribution >= 4 is 6.29 Å². The van der Waals surface area contributed by atoms with Crippen molar-refractivity contribution in [2.45, 2.75) is 13.0 Å². The van der Waals surface area contributed by atoms with E-state index in [9.17, 15) is 4.79 Å². The second-order valence-corrected chi connectivity index (χ2v) is 2.47. The molecule has 0 bridgehead atoms. The Hall–Kier alpha value is -1.16. The van der Waals surface area contributed by atoms with Crippen LogP contribution in [0.1, 0.15) is 22.1 Å². The van der Waals surface area contributed by atoms with Gasteiger partial charge in [0, 0.05) is 13.0 Å². The first-order chi connectivity index (χ1) is 5.40. The predicted molar refractivity (Wildman–Crippen MR) is 37.3 cm³/mol. The first kappa shape index (κ1) is 6.54. The number of nitrogens with one attached hydrogen (secondary N) is 1. The molecule has 0 radical (unpaired) electrons. The SMILES string of the molecule is O=Cc1nc2c(o1)CNCC2. The second kappa shape index (κ2) is 2.47. The van der Waals surface area contributed by atoms with Crippen molar-refractivity contribution in [3.05, 3.63) is 17.3 Å². The topological polar surface area (TPSA) is 55.1 Å². The van der Waals surface area contributed by atoms with E-state index in [1.807, 2.05) is 0 Å². The quantitative estimate of drug-likeness (QED) is 0.581. The number of nitrogens with zero attached hydrogens (tertiary/aromatic N) is 1. The molecule has 11 heavy (non-hydrogen) atoms. The number of oxazole rings is 1. The molecule has 0 unspecified atom stereocenters. The summed E-state index contributed by atoms with van der Waals surface area (Å²) in [5, 5.41) is 3.13. The van der Waals surface area contributed by atoms with E-state index in [0.29, 0.717) is 12.8 Å². The molecular weight excluding hydrogens is 144 g/mol. The van der Waals surface area contributed by atoms with Crippen LogP contribution in [0.4, 0.5) is 0 Å². The van der Waals surface area contributed by atoms with Crippen molar-refractivity contribution in [1.82, 2.24) is 10.3 Å². The minimum atomic E-state index is 0.193. The maximum atomic E-state index is 10.2. The lowest BCUT2D eigenvalue weighted by molar-refractivity contribution is 0.109. The Labute approximate surface area is 63.6 Å². The molecule has 1 aromatic heterocycles. The van der Waals surface area contributed by atoms with Crippen molar-refractivity contribution in [1.29, 1.82) is 0 Å². The van der Waals surface area contributed by atoms with Crippen LogP contribution in [0.5, 0.6) is 0 Å². The van der Waals surface area contributed by atoms with Crippen molar-refractivity contribution in [3.63, 3.8) is 0 Å². The van der Waals surface area contributed by atoms with Crippen LogP contribution in [0, 0.1) is 0 Å². The Bertz CT molecular complexity index is 256. The summed E-state index contributed by atoms with van der Waals surface area (Å²) in [7, 11) is 0. The number of hydrogen-bond donors (Lipinski definition) is 1. The normalized spacial score (nSPS) is 16.0. The first-order valence-corrected chi connectivity index (χ1v) is 3.54. The largest absolute Gasteiger partial charge is 0.437 e. The third-order valence-corrected chi connectivity index (χ3v) is 1.72. The number of carbonyl (C=O) groups is 1. The zero-order valence-corrected chi connectivity index (χ0v) is 5.96. The lowest BCUT2D eigenvalue weighted by atomic mass is 10.2. The molecule has 4 nitrogen and oxygen atoms in total. The third kappa shape index (κ3) is 1.05. The summed E-state index contributed by atoms with van der Waals surface area (Å²) in [6, 6.07) is 0. The maximum absolute atomic E-state index is 10.2. The van der Waals surface area contributed by atoms with Gasteiger partial charge in [-0.15, -0.1) is 0 Å². The fourth-order valence-corrected chi connectivity index (χ4v) is 1.20. The summed E-state index contributed by atoms with van der Waals surface area (Å²) in [5.74, 6) is 0.997. The Balaban J connectivity index is 2.39. The number of hydrogen-bond acceptors (Lipinski definition) is 4. The number of carbonyl (C=O) groups excluding carboxylic acids is 1. The molecule has 0 aliphatic carbocycles. The Morgan fingerprint density at radius 3 is 3.27 bits per heavy atom. The summed E-state index contributed by atoms with van der Waals surface area (Å²) in [6.45, 7) is 1.61. The van der Waals surface area contributed by atoms with Crippen molar-refractivity contribution < 1.29 is 9.21 Å². The number of rotatable bonds is 1. The summed E-state index contributed by atoms with van der Waals surface area (Å²) in [4.78, 5) is 14.2. The molecule has 0 fully saturated rings. The van der Waals surface area contributed by atoms with E-state index in [4.69, 9.17) is 4.42 Å². The fourth-order valence-electron chi connectivity index (χ4n) is 1.20. The molecule has 0 atom stereocenters. The predicted octanol–water partition coefficient (Wildman–Crippen LogP) is 0.133. The molecule has 2 heterocycles. The van der Waals surface area contributed by atoms with Gasteiger partial charge in [-0.05, 0) is 0 Å². The van der Waals surface area contributed by atoms with Crippen molar-refractivity contribution in [3.8, 4) is 0 Å². The van der Waals surface area contributed by atoms with Gasteiger partial charge in [-0.2, -0.15) is 0 Å². The van der Waals surface area contributed by atoms with E-state index in [-0.39, 0.29) is 5.89 Å². The van der Waals surface area contributed by atoms with Gasteiger partial charge < -0.3 is 9.73 Å². The first-order valence-electron chi connectivity index (χ1n) is 3.54. The van der Waals surface area contributed by atoms with Gasteiger partial charge in [-0.25, -0.2) is 4.98 Å². The maximum Gasteiger partial charge on any atom is 0.260 e. The lowest BCUT2D eigenvalue weighted by Gasteiger charge is -2.07. The summed E-state index contributed by atoms with van der Waals surface area (Å²) < 4.78 is 5.11. The second-order valence-electron chi connectivity index (χ2n) is 2.47. The molecular formula is C7H8N2O2. The highest BCUT2D eigenvalue weighted by molar-refractivity contribution is 5.67. The number of fused-ring (bicyclic) bond motifs is 1. The van der Waals surface area contributed by atoms with E-state index in [1.54, 1.807) is 0 Å². The van der Waals surface area contributed by atoms with Crippen LogP contribution < -0.4 is 5.32 Å². The lowest BCUT2D eigenvalue weighted by Crippen LogP contribution is -2.22. The van der Waals surface area contributed by atoms with E-state index in [1.165, 1.54) is 0 Å². The zero-order valence-electron chi connectivity index (χ0n) is 5.96. The average Bonchev–Trinajstić information content (AvgIpc) is 2.46. The van der Waals surface area contributed by atoms with Gasteiger partial charge in [-0.1, -0.05) is 0 Å². The molecule has 1 aliphatic rings. The minimum absolute atomic E-state index is 0.193. The highest BCUT2D eigenvalue weighted by Gasteiger charge is 2.15. The number of aromatic nitrogens is 1. The highest BCUT2D eigenvalue weighted by atomic mass is 16.4. The van der Waals surface area contributed by atoms with Crippen LogP contribution in [0.25, 0.3) is 0 Å². The van der Waals surface area contributed by atoms with E-state index < -0.39 is 0 Å². The van der Waals surface area contributed by atoms with E-state index in [0.717, 1.165) is 24.4 Å². The summed E-state index contributed by atoms with van der Waals surface area (Å²) in [6.07, 6.45) is 1.49. The van der Waals surface area contributed by atoms with Crippen molar-refractivity contribution in [2.75, 3.05) is 6.54 Å². The molecule has 0 saturated carbocycles. The fraction of sp³-hybridized carbons (Fsp3) is 0.429. The molecule has 0 spiro atoms. The van der Waals surface area contributed by atoms with Gasteiger partial charge in [0.15, 0.2) is 0 Å². The molecule has 0 aromatic carbocycles. The molecule has 4 heteroatoms. The smallest absolute Gasteiger partial charge is 0.260 e. The van der Waals surface area contributed by atoms with Gasteiger partial charge in [0.2, 0.25) is 6.29 Å². The molecule has 58 valence electrons. The summed E-state index contributed by atoms with van der Waals surface area (Å²) >= 11 is 0. The molecule has 0 saturated heterocycles. The standard InChI is InChI=1S/C7H8N2O2/c10-4-7-9-5-1-2-8-3-6(5)11-7/h4,8H,1-3H2. The summed E-state index contributed by atoms with van der Waals surface area (Å²) in [5.41, 5.74) is 0.922. The molecule has 1 aromatic rings. The Morgan fingerprint density at radius 1 is 1.64 bits per heavy atom. The molecule has 1 N–H and O–H groups in total.